The van der Waals surface area contributed by atoms with Gasteiger partial charge < -0.3 is 5.73 Å². The topological polar surface area (TPSA) is 51.8 Å². The molecule has 2 aromatic rings. The van der Waals surface area contributed by atoms with E-state index in [0.29, 0.717) is 11.9 Å². The van der Waals surface area contributed by atoms with Crippen molar-refractivity contribution in [1.82, 2.24) is 9.97 Å². The fourth-order valence-corrected chi connectivity index (χ4v) is 3.23. The van der Waals surface area contributed by atoms with E-state index < -0.39 is 0 Å². The highest BCUT2D eigenvalue weighted by Crippen LogP contribution is 2.35. The van der Waals surface area contributed by atoms with Crippen molar-refractivity contribution >= 4 is 16.9 Å². The van der Waals surface area contributed by atoms with Crippen molar-refractivity contribution < 1.29 is 0 Å². The Hall–Kier alpha value is -1.64. The molecule has 1 saturated carbocycles. The summed E-state index contributed by atoms with van der Waals surface area (Å²) in [4.78, 5) is 9.04. The second-order valence-corrected chi connectivity index (χ2v) is 5.47. The number of hydrogen-bond donors (Lipinski definition) is 1. The van der Waals surface area contributed by atoms with E-state index >= 15 is 0 Å². The minimum absolute atomic E-state index is 0.425. The van der Waals surface area contributed by atoms with E-state index in [1.165, 1.54) is 48.7 Å². The van der Waals surface area contributed by atoms with Crippen LogP contribution >= 0.6 is 0 Å². The summed E-state index contributed by atoms with van der Waals surface area (Å²) < 4.78 is 0. The lowest BCUT2D eigenvalue weighted by Gasteiger charge is -2.22. The normalized spacial score (nSPS) is 16.9. The molecule has 1 fully saturated rings. The van der Waals surface area contributed by atoms with Crippen LogP contribution in [-0.4, -0.2) is 9.97 Å². The van der Waals surface area contributed by atoms with Gasteiger partial charge >= 0.3 is 0 Å². The van der Waals surface area contributed by atoms with Crippen LogP contribution in [0.3, 0.4) is 0 Å². The molecule has 0 atom stereocenters. The number of anilines is 1. The predicted octanol–water partition coefficient (Wildman–Crippen LogP) is 3.82. The highest BCUT2D eigenvalue weighted by atomic mass is 15.0. The molecule has 3 heteroatoms. The van der Waals surface area contributed by atoms with E-state index in [2.05, 4.69) is 35.1 Å². The fourth-order valence-electron chi connectivity index (χ4n) is 3.23. The molecule has 0 radical (unpaired) electrons. The number of hydrogen-bond acceptors (Lipinski definition) is 3. The largest absolute Gasteiger partial charge is 0.368 e. The third kappa shape index (κ3) is 2.29. The van der Waals surface area contributed by atoms with Crippen molar-refractivity contribution in [1.29, 1.82) is 0 Å². The van der Waals surface area contributed by atoms with Crippen LogP contribution in [0.4, 0.5) is 5.95 Å². The van der Waals surface area contributed by atoms with Gasteiger partial charge in [0.25, 0.3) is 0 Å². The maximum absolute atomic E-state index is 5.93. The summed E-state index contributed by atoms with van der Waals surface area (Å²) in [6, 6.07) is 6.41. The molecule has 0 aliphatic heterocycles. The molecule has 1 aromatic carbocycles. The van der Waals surface area contributed by atoms with Gasteiger partial charge in [0.1, 0.15) is 0 Å². The molecule has 3 nitrogen and oxygen atoms in total. The number of fused-ring (bicyclic) bond motifs is 1. The van der Waals surface area contributed by atoms with Gasteiger partial charge in [-0.2, -0.15) is 0 Å². The second kappa shape index (κ2) is 5.16. The van der Waals surface area contributed by atoms with Gasteiger partial charge in [0.2, 0.25) is 5.95 Å². The zero-order valence-electron chi connectivity index (χ0n) is 11.5. The number of aryl methyl sites for hydroxylation is 1. The van der Waals surface area contributed by atoms with Gasteiger partial charge in [-0.1, -0.05) is 44.4 Å². The molecular formula is C16H21N3. The Morgan fingerprint density at radius 2 is 1.95 bits per heavy atom. The van der Waals surface area contributed by atoms with E-state index in [-0.39, 0.29) is 0 Å². The Kier molecular flexibility index (Phi) is 3.36. The lowest BCUT2D eigenvalue weighted by molar-refractivity contribution is 0.439. The minimum Gasteiger partial charge on any atom is -0.368 e. The van der Waals surface area contributed by atoms with Crippen molar-refractivity contribution in [3.8, 4) is 0 Å². The number of nitrogen functional groups attached to an aromatic ring is 1. The quantitative estimate of drug-likeness (QED) is 0.887. The van der Waals surface area contributed by atoms with Gasteiger partial charge in [-0.05, 0) is 24.8 Å². The lowest BCUT2D eigenvalue weighted by atomic mass is 9.85. The molecule has 0 unspecified atom stereocenters. The van der Waals surface area contributed by atoms with Crippen molar-refractivity contribution in [2.75, 3.05) is 5.73 Å². The molecule has 0 spiro atoms. The van der Waals surface area contributed by atoms with E-state index in [1.807, 2.05) is 0 Å². The summed E-state index contributed by atoms with van der Waals surface area (Å²) in [5.74, 6) is 0.989. The lowest BCUT2D eigenvalue weighted by Crippen LogP contribution is -2.10. The average Bonchev–Trinajstić information content (AvgIpc) is 2.46. The molecule has 3 rings (SSSR count). The number of aromatic nitrogens is 2. The standard InChI is InChI=1S/C16H21N3/c1-2-11-9-6-10-13-14(11)18-16(17)19-15(13)12-7-4-3-5-8-12/h6,9-10,12H,2-5,7-8H2,1H3,(H2,17,18,19). The van der Waals surface area contributed by atoms with Crippen LogP contribution in [0.1, 0.15) is 56.2 Å². The van der Waals surface area contributed by atoms with Crippen molar-refractivity contribution in [3.05, 3.63) is 29.5 Å². The van der Waals surface area contributed by atoms with Crippen molar-refractivity contribution in [2.24, 2.45) is 0 Å². The number of para-hydroxylation sites is 1. The molecule has 1 aromatic heterocycles. The number of rotatable bonds is 2. The summed E-state index contributed by atoms with van der Waals surface area (Å²) in [5, 5.41) is 1.21. The van der Waals surface area contributed by atoms with Gasteiger partial charge in [0, 0.05) is 11.3 Å². The number of benzene rings is 1. The van der Waals surface area contributed by atoms with Gasteiger partial charge in [-0.3, -0.25) is 0 Å². The maximum Gasteiger partial charge on any atom is 0.220 e. The Balaban J connectivity index is 2.17. The first-order chi connectivity index (χ1) is 9.29. The summed E-state index contributed by atoms with van der Waals surface area (Å²) in [6.07, 6.45) is 7.43. The molecule has 19 heavy (non-hydrogen) atoms. The predicted molar refractivity (Wildman–Crippen MR) is 79.2 cm³/mol. The smallest absolute Gasteiger partial charge is 0.220 e. The van der Waals surface area contributed by atoms with E-state index in [0.717, 1.165) is 11.9 Å². The Morgan fingerprint density at radius 1 is 1.16 bits per heavy atom. The van der Waals surface area contributed by atoms with E-state index in [4.69, 9.17) is 5.73 Å². The highest BCUT2D eigenvalue weighted by molar-refractivity contribution is 5.85. The first-order valence-corrected chi connectivity index (χ1v) is 7.34. The van der Waals surface area contributed by atoms with Crippen molar-refractivity contribution in [3.63, 3.8) is 0 Å². The SMILES string of the molecule is CCc1cccc2c(C3CCCCC3)nc(N)nc12. The zero-order chi connectivity index (χ0) is 13.2. The third-order valence-corrected chi connectivity index (χ3v) is 4.23. The average molecular weight is 255 g/mol. The summed E-state index contributed by atoms with van der Waals surface area (Å²) >= 11 is 0. The Morgan fingerprint density at radius 3 is 2.68 bits per heavy atom. The monoisotopic (exact) mass is 255 g/mol. The first-order valence-electron chi connectivity index (χ1n) is 7.34. The highest BCUT2D eigenvalue weighted by Gasteiger charge is 2.20. The van der Waals surface area contributed by atoms with Gasteiger partial charge in [0.05, 0.1) is 11.2 Å². The van der Waals surface area contributed by atoms with Gasteiger partial charge in [0.15, 0.2) is 0 Å². The van der Waals surface area contributed by atoms with Crippen LogP contribution in [0.5, 0.6) is 0 Å². The zero-order valence-corrected chi connectivity index (χ0v) is 11.5. The van der Waals surface area contributed by atoms with Gasteiger partial charge in [-0.15, -0.1) is 0 Å². The van der Waals surface area contributed by atoms with Crippen LogP contribution < -0.4 is 5.73 Å². The van der Waals surface area contributed by atoms with E-state index in [9.17, 15) is 0 Å². The molecule has 0 saturated heterocycles. The molecule has 1 aliphatic rings. The minimum atomic E-state index is 0.425. The molecule has 2 N–H and O–H groups in total. The molecule has 100 valence electrons. The van der Waals surface area contributed by atoms with Crippen LogP contribution in [-0.2, 0) is 6.42 Å². The van der Waals surface area contributed by atoms with Crippen LogP contribution in [0.15, 0.2) is 18.2 Å². The van der Waals surface area contributed by atoms with Crippen LogP contribution in [0, 0.1) is 0 Å². The maximum atomic E-state index is 5.93. The van der Waals surface area contributed by atoms with Gasteiger partial charge in [-0.25, -0.2) is 9.97 Å². The second-order valence-electron chi connectivity index (χ2n) is 5.47. The fraction of sp³-hybridized carbons (Fsp3) is 0.500. The molecule has 1 aliphatic carbocycles. The molecular weight excluding hydrogens is 234 g/mol. The third-order valence-electron chi connectivity index (χ3n) is 4.23. The molecule has 0 amide bonds. The van der Waals surface area contributed by atoms with Crippen LogP contribution in [0.2, 0.25) is 0 Å². The van der Waals surface area contributed by atoms with E-state index in [1.54, 1.807) is 0 Å². The summed E-state index contributed by atoms with van der Waals surface area (Å²) in [7, 11) is 0. The number of nitrogens with two attached hydrogens (primary N) is 1. The Bertz CT molecular complexity index is 586. The molecule has 1 heterocycles. The summed E-state index contributed by atoms with van der Waals surface area (Å²) in [6.45, 7) is 2.16. The number of nitrogens with zero attached hydrogens (tertiary/aromatic N) is 2. The molecule has 0 bridgehead atoms. The first kappa shape index (κ1) is 12.4. The van der Waals surface area contributed by atoms with Crippen LogP contribution in [0.25, 0.3) is 10.9 Å². The van der Waals surface area contributed by atoms with Crippen molar-refractivity contribution in [2.45, 2.75) is 51.4 Å². The Labute approximate surface area is 114 Å². The summed E-state index contributed by atoms with van der Waals surface area (Å²) in [5.41, 5.74) is 9.43.